The average molecular weight is 543 g/mol. The first kappa shape index (κ1) is 26.2. The van der Waals surface area contributed by atoms with Gasteiger partial charge in [-0.2, -0.15) is 0 Å². The van der Waals surface area contributed by atoms with Crippen LogP contribution in [0.1, 0.15) is 27.6 Å². The Kier molecular flexibility index (Phi) is 7.79. The van der Waals surface area contributed by atoms with Crippen LogP contribution < -0.4 is 9.47 Å². The molecule has 0 atom stereocenters. The lowest BCUT2D eigenvalue weighted by Crippen LogP contribution is -2.09. The highest BCUT2D eigenvalue weighted by molar-refractivity contribution is 7.99. The number of aryl methyl sites for hydroxylation is 1. The number of methoxy groups -OCH3 is 1. The third-order valence-electron chi connectivity index (χ3n) is 6.30. The number of para-hydroxylation sites is 2. The molecule has 198 valence electrons. The van der Waals surface area contributed by atoms with Crippen LogP contribution in [-0.2, 0) is 6.61 Å². The molecule has 2 heterocycles. The van der Waals surface area contributed by atoms with Crippen LogP contribution in [0.25, 0.3) is 11.4 Å². The van der Waals surface area contributed by atoms with E-state index in [0.717, 1.165) is 28.5 Å². The number of benzene rings is 3. The third-order valence-corrected chi connectivity index (χ3v) is 7.23. The predicted molar refractivity (Wildman–Crippen MR) is 149 cm³/mol. The van der Waals surface area contributed by atoms with Gasteiger partial charge in [-0.3, -0.25) is 9.36 Å². The molecule has 2 aromatic heterocycles. The molecule has 0 aliphatic heterocycles. The molecule has 0 unspecified atom stereocenters. The highest BCUT2D eigenvalue weighted by Gasteiger charge is 2.20. The number of ketones is 1. The molecule has 0 fully saturated rings. The van der Waals surface area contributed by atoms with Crippen molar-refractivity contribution in [1.82, 2.24) is 19.3 Å². The normalized spacial score (nSPS) is 11.0. The maximum atomic E-state index is 14.1. The largest absolute Gasteiger partial charge is 0.497 e. The van der Waals surface area contributed by atoms with Gasteiger partial charge in [0.1, 0.15) is 12.4 Å². The second-order valence-corrected chi connectivity index (χ2v) is 9.76. The zero-order valence-electron chi connectivity index (χ0n) is 21.8. The molecule has 0 N–H and O–H groups in total. The Morgan fingerprint density at radius 3 is 2.31 bits per heavy atom. The van der Waals surface area contributed by atoms with Crippen molar-refractivity contribution in [2.24, 2.45) is 0 Å². The van der Waals surface area contributed by atoms with E-state index in [1.807, 2.05) is 79.1 Å². The van der Waals surface area contributed by atoms with Crippen molar-refractivity contribution in [3.05, 3.63) is 114 Å². The number of ether oxygens (including phenoxy) is 2. The molecule has 7 nitrogen and oxygen atoms in total. The first-order valence-corrected chi connectivity index (χ1v) is 13.3. The number of halogens is 1. The van der Waals surface area contributed by atoms with Gasteiger partial charge in [0, 0.05) is 28.3 Å². The quantitative estimate of drug-likeness (QED) is 0.151. The van der Waals surface area contributed by atoms with Gasteiger partial charge >= 0.3 is 0 Å². The van der Waals surface area contributed by atoms with Crippen LogP contribution in [0.4, 0.5) is 4.39 Å². The fourth-order valence-corrected chi connectivity index (χ4v) is 5.26. The third kappa shape index (κ3) is 5.58. The lowest BCUT2D eigenvalue weighted by atomic mass is 10.2. The van der Waals surface area contributed by atoms with Gasteiger partial charge in [0.15, 0.2) is 28.3 Å². The molecule has 0 bridgehead atoms. The van der Waals surface area contributed by atoms with Gasteiger partial charge in [-0.1, -0.05) is 42.1 Å². The Labute approximate surface area is 230 Å². The van der Waals surface area contributed by atoms with Gasteiger partial charge in [0.05, 0.1) is 12.9 Å². The van der Waals surface area contributed by atoms with Gasteiger partial charge < -0.3 is 14.0 Å². The molecule has 0 aliphatic rings. The summed E-state index contributed by atoms with van der Waals surface area (Å²) < 4.78 is 28.9. The van der Waals surface area contributed by atoms with Crippen LogP contribution in [0.3, 0.4) is 0 Å². The monoisotopic (exact) mass is 542 g/mol. The van der Waals surface area contributed by atoms with Crippen molar-refractivity contribution in [1.29, 1.82) is 0 Å². The fraction of sp³-hybridized carbons (Fsp3) is 0.167. The summed E-state index contributed by atoms with van der Waals surface area (Å²) >= 11 is 1.30. The van der Waals surface area contributed by atoms with Gasteiger partial charge in [-0.15, -0.1) is 10.2 Å². The summed E-state index contributed by atoms with van der Waals surface area (Å²) in [6.45, 7) is 3.94. The van der Waals surface area contributed by atoms with Gasteiger partial charge in [0.25, 0.3) is 0 Å². The van der Waals surface area contributed by atoms with Crippen molar-refractivity contribution in [3.63, 3.8) is 0 Å². The molecule has 39 heavy (non-hydrogen) atoms. The lowest BCUT2D eigenvalue weighted by molar-refractivity contribution is 0.102. The number of hydrogen-bond donors (Lipinski definition) is 0. The van der Waals surface area contributed by atoms with E-state index in [0.29, 0.717) is 16.5 Å². The number of nitrogens with zero attached hydrogens (tertiary/aromatic N) is 4. The van der Waals surface area contributed by atoms with Crippen LogP contribution in [0, 0.1) is 19.7 Å². The van der Waals surface area contributed by atoms with Crippen molar-refractivity contribution in [3.8, 4) is 22.9 Å². The molecule has 5 aromatic rings. The minimum absolute atomic E-state index is 0.0142. The number of Topliss-reactive ketones (excluding diaryl/α,β-unsaturated/α-hetero) is 1. The van der Waals surface area contributed by atoms with Crippen molar-refractivity contribution in [2.45, 2.75) is 25.6 Å². The zero-order valence-corrected chi connectivity index (χ0v) is 22.6. The van der Waals surface area contributed by atoms with E-state index < -0.39 is 5.82 Å². The Hall–Kier alpha value is -4.37. The van der Waals surface area contributed by atoms with E-state index in [1.54, 1.807) is 25.3 Å². The first-order valence-electron chi connectivity index (χ1n) is 12.3. The molecule has 3 aromatic carbocycles. The van der Waals surface area contributed by atoms with E-state index in [2.05, 4.69) is 14.8 Å². The van der Waals surface area contributed by atoms with Crippen LogP contribution >= 0.6 is 11.8 Å². The first-order chi connectivity index (χ1) is 19.0. The number of carbonyl (C=O) groups excluding carboxylic acids is 1. The minimum Gasteiger partial charge on any atom is -0.497 e. The number of thioether (sulfide) groups is 1. The van der Waals surface area contributed by atoms with Crippen molar-refractivity contribution in [2.75, 3.05) is 12.9 Å². The van der Waals surface area contributed by atoms with E-state index in [-0.39, 0.29) is 23.9 Å². The number of aromatic nitrogens is 4. The Morgan fingerprint density at radius 1 is 0.897 bits per heavy atom. The second-order valence-electron chi connectivity index (χ2n) is 8.82. The molecule has 0 aliphatic carbocycles. The van der Waals surface area contributed by atoms with E-state index >= 15 is 0 Å². The van der Waals surface area contributed by atoms with Crippen LogP contribution in [0.5, 0.6) is 11.5 Å². The highest BCUT2D eigenvalue weighted by Crippen LogP contribution is 2.27. The minimum atomic E-state index is -0.448. The molecule has 9 heteroatoms. The van der Waals surface area contributed by atoms with Crippen LogP contribution in [-0.4, -0.2) is 38.0 Å². The number of carbonyl (C=O) groups is 1. The molecule has 0 radical (unpaired) electrons. The Balaban J connectivity index is 1.37. The van der Waals surface area contributed by atoms with Crippen LogP contribution in [0.15, 0.2) is 90.1 Å². The molecule has 5 rings (SSSR count). The summed E-state index contributed by atoms with van der Waals surface area (Å²) in [6, 6.07) is 25.4. The smallest absolute Gasteiger partial charge is 0.196 e. The number of rotatable bonds is 10. The van der Waals surface area contributed by atoms with E-state index in [1.165, 1.54) is 17.8 Å². The van der Waals surface area contributed by atoms with Crippen LogP contribution in [0.2, 0.25) is 0 Å². The highest BCUT2D eigenvalue weighted by atomic mass is 32.2. The SMILES string of the molecule is COc1ccc(-n2c(C)cc(C(=O)CSc3nnc(COc4ccccc4F)n3-c3ccccc3)c2C)cc1. The molecular weight excluding hydrogens is 515 g/mol. The summed E-state index contributed by atoms with van der Waals surface area (Å²) in [4.78, 5) is 13.4. The molecule has 0 amide bonds. The maximum absolute atomic E-state index is 14.1. The molecule has 0 spiro atoms. The standard InChI is InChI=1S/C30H27FN4O3S/c1-20-17-25(21(2)34(20)23-13-15-24(37-3)16-14-23)27(36)19-39-30-33-32-29(35(30)22-9-5-4-6-10-22)18-38-28-12-8-7-11-26(28)31/h4-17H,18-19H2,1-3H3. The van der Waals surface area contributed by atoms with Crippen molar-refractivity contribution < 1.29 is 18.7 Å². The van der Waals surface area contributed by atoms with Gasteiger partial charge in [-0.05, 0) is 68.4 Å². The molecule has 0 saturated heterocycles. The van der Waals surface area contributed by atoms with E-state index in [4.69, 9.17) is 9.47 Å². The van der Waals surface area contributed by atoms with Gasteiger partial charge in [-0.25, -0.2) is 4.39 Å². The van der Waals surface area contributed by atoms with E-state index in [9.17, 15) is 9.18 Å². The summed E-state index contributed by atoms with van der Waals surface area (Å²) in [5.41, 5.74) is 4.27. The second kappa shape index (κ2) is 11.6. The summed E-state index contributed by atoms with van der Waals surface area (Å²) in [7, 11) is 1.63. The average Bonchev–Trinajstić information content (AvgIpc) is 3.51. The summed E-state index contributed by atoms with van der Waals surface area (Å²) in [5, 5.41) is 9.18. The maximum Gasteiger partial charge on any atom is 0.196 e. The van der Waals surface area contributed by atoms with Gasteiger partial charge in [0.2, 0.25) is 0 Å². The Bertz CT molecular complexity index is 1600. The summed E-state index contributed by atoms with van der Waals surface area (Å²) in [5.74, 6) is 1.12. The molecular formula is C30H27FN4O3S. The lowest BCUT2D eigenvalue weighted by Gasteiger charge is -2.12. The summed E-state index contributed by atoms with van der Waals surface area (Å²) in [6.07, 6.45) is 0. The Morgan fingerprint density at radius 2 is 1.59 bits per heavy atom. The molecule has 0 saturated carbocycles. The van der Waals surface area contributed by atoms with Crippen molar-refractivity contribution >= 4 is 17.5 Å². The predicted octanol–water partition coefficient (Wildman–Crippen LogP) is 6.38. The fourth-order valence-electron chi connectivity index (χ4n) is 4.41. The zero-order chi connectivity index (χ0) is 27.4. The number of hydrogen-bond acceptors (Lipinski definition) is 6. The topological polar surface area (TPSA) is 71.2 Å².